The Hall–Kier alpha value is -2.99. The molecule has 1 saturated carbocycles. The fourth-order valence-corrected chi connectivity index (χ4v) is 4.67. The van der Waals surface area contributed by atoms with Crippen LogP contribution in [-0.2, 0) is 5.54 Å². The van der Waals surface area contributed by atoms with Crippen LogP contribution in [0.15, 0.2) is 48.5 Å². The monoisotopic (exact) mass is 435 g/mol. The van der Waals surface area contributed by atoms with Crippen molar-refractivity contribution in [1.82, 2.24) is 10.2 Å². The lowest BCUT2D eigenvalue weighted by molar-refractivity contribution is 0.0927. The second kappa shape index (κ2) is 7.55. The molecule has 3 aromatic rings. The first-order valence-corrected chi connectivity index (χ1v) is 11.0. The number of rotatable bonds is 5. The molecule has 6 heteroatoms. The van der Waals surface area contributed by atoms with Gasteiger partial charge in [0.05, 0.1) is 16.8 Å². The standard InChI is InChI=1S/C26H27F2N3O/c1-16-12-20(24(28)23(13-16)31-14-17(15-31)30(2)3)25(32)29-26(10-11-26)21-8-9-22(27)19-7-5-4-6-18(19)21/h4-9,12-13,17H,10-11,14-15H2,1-3H3,(H,29,32). The Morgan fingerprint density at radius 1 is 1.06 bits per heavy atom. The first-order valence-electron chi connectivity index (χ1n) is 11.0. The highest BCUT2D eigenvalue weighted by atomic mass is 19.1. The van der Waals surface area contributed by atoms with E-state index in [1.165, 1.54) is 6.07 Å². The Labute approximate surface area is 186 Å². The van der Waals surface area contributed by atoms with Gasteiger partial charge in [0.15, 0.2) is 5.82 Å². The number of aryl methyl sites for hydroxylation is 1. The Kier molecular flexibility index (Phi) is 4.93. The number of halogens is 2. The van der Waals surface area contributed by atoms with E-state index < -0.39 is 17.3 Å². The highest BCUT2D eigenvalue weighted by Gasteiger charge is 2.47. The predicted molar refractivity (Wildman–Crippen MR) is 123 cm³/mol. The number of nitrogens with one attached hydrogen (secondary N) is 1. The Bertz CT molecular complexity index is 1210. The van der Waals surface area contributed by atoms with Gasteiger partial charge in [-0.2, -0.15) is 0 Å². The Balaban J connectivity index is 1.45. The summed E-state index contributed by atoms with van der Waals surface area (Å²) in [4.78, 5) is 17.4. The van der Waals surface area contributed by atoms with Crippen LogP contribution >= 0.6 is 0 Å². The molecule has 3 aromatic carbocycles. The van der Waals surface area contributed by atoms with Gasteiger partial charge in [0, 0.05) is 24.5 Å². The molecule has 0 spiro atoms. The summed E-state index contributed by atoms with van der Waals surface area (Å²) < 4.78 is 29.7. The van der Waals surface area contributed by atoms with Crippen LogP contribution in [0, 0.1) is 18.6 Å². The van der Waals surface area contributed by atoms with Gasteiger partial charge in [-0.3, -0.25) is 4.79 Å². The quantitative estimate of drug-likeness (QED) is 0.637. The molecule has 5 rings (SSSR count). The van der Waals surface area contributed by atoms with Crippen LogP contribution in [0.5, 0.6) is 0 Å². The fourth-order valence-electron chi connectivity index (χ4n) is 4.67. The van der Waals surface area contributed by atoms with Crippen molar-refractivity contribution >= 4 is 22.4 Å². The van der Waals surface area contributed by atoms with Gasteiger partial charge in [0.2, 0.25) is 0 Å². The van der Waals surface area contributed by atoms with Gasteiger partial charge in [0.1, 0.15) is 5.82 Å². The summed E-state index contributed by atoms with van der Waals surface area (Å²) in [6.45, 7) is 3.35. The molecule has 0 radical (unpaired) electrons. The SMILES string of the molecule is Cc1cc(C(=O)NC2(c3ccc(F)c4ccccc34)CC2)c(F)c(N2CC(N(C)C)C2)c1. The third kappa shape index (κ3) is 3.43. The summed E-state index contributed by atoms with van der Waals surface area (Å²) in [5, 5.41) is 4.39. The van der Waals surface area contributed by atoms with Gasteiger partial charge in [-0.25, -0.2) is 8.78 Å². The summed E-state index contributed by atoms with van der Waals surface area (Å²) in [7, 11) is 4.03. The summed E-state index contributed by atoms with van der Waals surface area (Å²) >= 11 is 0. The lowest BCUT2D eigenvalue weighted by Gasteiger charge is -2.44. The molecule has 4 nitrogen and oxygen atoms in total. The van der Waals surface area contributed by atoms with Crippen molar-refractivity contribution in [1.29, 1.82) is 0 Å². The molecule has 2 aliphatic rings. The molecular formula is C26H27F2N3O. The Morgan fingerprint density at radius 2 is 1.75 bits per heavy atom. The smallest absolute Gasteiger partial charge is 0.255 e. The highest BCUT2D eigenvalue weighted by molar-refractivity contribution is 5.97. The molecule has 1 saturated heterocycles. The van der Waals surface area contributed by atoms with Crippen molar-refractivity contribution < 1.29 is 13.6 Å². The van der Waals surface area contributed by atoms with Crippen LogP contribution in [0.4, 0.5) is 14.5 Å². The molecular weight excluding hydrogens is 408 g/mol. The largest absolute Gasteiger partial charge is 0.366 e. The van der Waals surface area contributed by atoms with Crippen molar-refractivity contribution in [3.8, 4) is 0 Å². The van der Waals surface area contributed by atoms with Gasteiger partial charge in [-0.1, -0.05) is 30.3 Å². The van der Waals surface area contributed by atoms with Gasteiger partial charge < -0.3 is 15.1 Å². The third-order valence-corrected chi connectivity index (χ3v) is 6.86. The van der Waals surface area contributed by atoms with Gasteiger partial charge in [0.25, 0.3) is 5.91 Å². The number of benzene rings is 3. The zero-order chi connectivity index (χ0) is 22.6. The number of carbonyl (C=O) groups is 1. The normalized spacial score (nSPS) is 17.5. The van der Waals surface area contributed by atoms with E-state index in [0.29, 0.717) is 17.1 Å². The molecule has 1 aliphatic carbocycles. The van der Waals surface area contributed by atoms with E-state index in [2.05, 4.69) is 10.2 Å². The van der Waals surface area contributed by atoms with E-state index in [0.717, 1.165) is 42.4 Å². The number of hydrogen-bond donors (Lipinski definition) is 1. The molecule has 2 fully saturated rings. The number of nitrogens with zero attached hydrogens (tertiary/aromatic N) is 2. The summed E-state index contributed by atoms with van der Waals surface area (Å²) in [6.07, 6.45) is 1.48. The molecule has 0 aromatic heterocycles. The maximum atomic E-state index is 15.4. The zero-order valence-corrected chi connectivity index (χ0v) is 18.6. The van der Waals surface area contributed by atoms with Crippen molar-refractivity contribution in [3.05, 3.63) is 76.9 Å². The number of hydrogen-bond acceptors (Lipinski definition) is 3. The number of amides is 1. The van der Waals surface area contributed by atoms with E-state index in [4.69, 9.17) is 0 Å². The van der Waals surface area contributed by atoms with E-state index >= 15 is 4.39 Å². The van der Waals surface area contributed by atoms with E-state index in [9.17, 15) is 9.18 Å². The second-order valence-electron chi connectivity index (χ2n) is 9.34. The summed E-state index contributed by atoms with van der Waals surface area (Å²) in [5.74, 6) is -1.19. The van der Waals surface area contributed by atoms with Crippen LogP contribution in [0.25, 0.3) is 10.8 Å². The molecule has 0 atom stereocenters. The first-order chi connectivity index (χ1) is 15.3. The van der Waals surface area contributed by atoms with Gasteiger partial charge in [-0.05, 0) is 68.6 Å². The van der Waals surface area contributed by atoms with Gasteiger partial charge in [-0.15, -0.1) is 0 Å². The van der Waals surface area contributed by atoms with Gasteiger partial charge >= 0.3 is 0 Å². The van der Waals surface area contributed by atoms with E-state index in [1.807, 2.05) is 38.1 Å². The number of fused-ring (bicyclic) bond motifs is 1. The van der Waals surface area contributed by atoms with Crippen molar-refractivity contribution in [2.75, 3.05) is 32.1 Å². The highest BCUT2D eigenvalue weighted by Crippen LogP contribution is 2.48. The summed E-state index contributed by atoms with van der Waals surface area (Å²) in [5.41, 5.74) is 1.68. The van der Waals surface area contributed by atoms with Crippen LogP contribution in [0.2, 0.25) is 0 Å². The molecule has 32 heavy (non-hydrogen) atoms. The molecule has 1 amide bonds. The van der Waals surface area contributed by atoms with Crippen LogP contribution in [0.1, 0.15) is 34.3 Å². The molecule has 0 unspecified atom stereocenters. The topological polar surface area (TPSA) is 35.6 Å². The Morgan fingerprint density at radius 3 is 2.41 bits per heavy atom. The molecule has 166 valence electrons. The number of likely N-dealkylation sites (N-methyl/N-ethyl adjacent to an activating group) is 1. The minimum absolute atomic E-state index is 0.0611. The second-order valence-corrected chi connectivity index (χ2v) is 9.34. The van der Waals surface area contributed by atoms with Crippen molar-refractivity contribution in [2.24, 2.45) is 0 Å². The van der Waals surface area contributed by atoms with Crippen LogP contribution < -0.4 is 10.2 Å². The summed E-state index contributed by atoms with van der Waals surface area (Å²) in [6, 6.07) is 14.3. The lowest BCUT2D eigenvalue weighted by Crippen LogP contribution is -2.57. The zero-order valence-electron chi connectivity index (χ0n) is 18.6. The molecule has 1 N–H and O–H groups in total. The minimum Gasteiger partial charge on any atom is -0.366 e. The maximum Gasteiger partial charge on any atom is 0.255 e. The molecule has 1 aliphatic heterocycles. The average Bonchev–Trinajstić information content (AvgIpc) is 3.49. The van der Waals surface area contributed by atoms with Crippen molar-refractivity contribution in [2.45, 2.75) is 31.3 Å². The van der Waals surface area contributed by atoms with Crippen molar-refractivity contribution in [3.63, 3.8) is 0 Å². The van der Waals surface area contributed by atoms with Crippen LogP contribution in [0.3, 0.4) is 0 Å². The van der Waals surface area contributed by atoms with E-state index in [-0.39, 0.29) is 11.4 Å². The van der Waals surface area contributed by atoms with E-state index in [1.54, 1.807) is 30.3 Å². The predicted octanol–water partition coefficient (Wildman–Crippen LogP) is 4.60. The first kappa shape index (κ1) is 20.9. The number of anilines is 1. The lowest BCUT2D eigenvalue weighted by atomic mass is 9.96. The molecule has 0 bridgehead atoms. The maximum absolute atomic E-state index is 15.4. The van der Waals surface area contributed by atoms with Crippen LogP contribution in [-0.4, -0.2) is 44.0 Å². The molecule has 1 heterocycles. The number of carbonyl (C=O) groups excluding carboxylic acids is 1. The minimum atomic E-state index is -0.590. The third-order valence-electron chi connectivity index (χ3n) is 6.86. The average molecular weight is 436 g/mol. The fraction of sp³-hybridized carbons (Fsp3) is 0.346.